The number of rotatable bonds is 2. The Hall–Kier alpha value is -1.04. The van der Waals surface area contributed by atoms with Crippen molar-refractivity contribution in [1.82, 2.24) is 0 Å². The van der Waals surface area contributed by atoms with Crippen molar-refractivity contribution in [3.63, 3.8) is 0 Å². The average molecular weight is 158 g/mol. The minimum Gasteiger partial charge on any atom is -0.412 e. The largest absolute Gasteiger partial charge is 0.412 e. The van der Waals surface area contributed by atoms with Crippen LogP contribution in [0.2, 0.25) is 6.32 Å². The predicted molar refractivity (Wildman–Crippen MR) is 46.7 cm³/mol. The molecule has 0 amide bonds. The highest BCUT2D eigenvalue weighted by atomic mass is 16.0. The van der Waals surface area contributed by atoms with Crippen molar-refractivity contribution in [1.29, 1.82) is 10.5 Å². The highest BCUT2D eigenvalue weighted by Gasteiger charge is 1.68. The van der Waals surface area contributed by atoms with Crippen LogP contribution in [0.3, 0.4) is 0 Å². The third-order valence-electron chi connectivity index (χ3n) is 0.757. The Morgan fingerprint density at radius 2 is 1.55 bits per heavy atom. The first kappa shape index (κ1) is 22.5. The lowest BCUT2D eigenvalue weighted by atomic mass is 10.0. The Labute approximate surface area is 68.5 Å². The standard InChI is InChI=1S/C4H11B.C2N2.2H2O/c1-2-3-4-5;3-1-2-4;;/h2-5H2,1H3;;2*1H2. The minimum atomic E-state index is 0. The third kappa shape index (κ3) is 113. The number of hydrogen-bond donors (Lipinski definition) is 0. The molecule has 0 bridgehead atoms. The van der Waals surface area contributed by atoms with Gasteiger partial charge in [0.1, 0.15) is 7.85 Å². The van der Waals surface area contributed by atoms with E-state index in [1.807, 2.05) is 0 Å². The summed E-state index contributed by atoms with van der Waals surface area (Å²) in [4.78, 5) is 0. The normalized spacial score (nSPS) is 4.64. The van der Waals surface area contributed by atoms with E-state index < -0.39 is 0 Å². The van der Waals surface area contributed by atoms with Crippen LogP contribution in [0.25, 0.3) is 0 Å². The van der Waals surface area contributed by atoms with E-state index >= 15 is 0 Å². The van der Waals surface area contributed by atoms with Gasteiger partial charge in [0, 0.05) is 0 Å². The molecule has 0 heterocycles. The molecule has 0 aliphatic rings. The molecule has 0 rings (SSSR count). The molecule has 0 spiro atoms. The first-order chi connectivity index (χ1) is 4.33. The summed E-state index contributed by atoms with van der Waals surface area (Å²) < 4.78 is 0. The molecule has 0 radical (unpaired) electrons. The molecular formula is C6H15BN2O2. The molecule has 0 fully saturated rings. The van der Waals surface area contributed by atoms with Crippen molar-refractivity contribution in [3.05, 3.63) is 0 Å². The Morgan fingerprint density at radius 1 is 1.18 bits per heavy atom. The van der Waals surface area contributed by atoms with Gasteiger partial charge in [-0.15, -0.1) is 0 Å². The van der Waals surface area contributed by atoms with Crippen LogP contribution in [-0.4, -0.2) is 18.8 Å². The monoisotopic (exact) mass is 158 g/mol. The molecule has 11 heavy (non-hydrogen) atoms. The number of nitrogens with zero attached hydrogens (tertiary/aromatic N) is 2. The summed E-state index contributed by atoms with van der Waals surface area (Å²) in [5.74, 6) is 0. The number of hydrogen-bond acceptors (Lipinski definition) is 2. The van der Waals surface area contributed by atoms with Gasteiger partial charge in [0.2, 0.25) is 0 Å². The predicted octanol–water partition coefficient (Wildman–Crippen LogP) is -0.778. The third-order valence-corrected chi connectivity index (χ3v) is 0.757. The zero-order chi connectivity index (χ0) is 7.54. The fourth-order valence-electron chi connectivity index (χ4n) is 0.354. The first-order valence-corrected chi connectivity index (χ1v) is 3.11. The fourth-order valence-corrected chi connectivity index (χ4v) is 0.354. The van der Waals surface area contributed by atoms with Gasteiger partial charge >= 0.3 is 0 Å². The molecule has 0 unspecified atom stereocenters. The second-order valence-electron chi connectivity index (χ2n) is 1.58. The van der Waals surface area contributed by atoms with Crippen LogP contribution >= 0.6 is 0 Å². The van der Waals surface area contributed by atoms with Crippen molar-refractivity contribution in [3.8, 4) is 12.1 Å². The van der Waals surface area contributed by atoms with E-state index in [2.05, 4.69) is 14.8 Å². The van der Waals surface area contributed by atoms with E-state index in [1.54, 1.807) is 0 Å². The van der Waals surface area contributed by atoms with Gasteiger partial charge in [-0.1, -0.05) is 26.1 Å². The lowest BCUT2D eigenvalue weighted by Gasteiger charge is -1.78. The molecule has 0 atom stereocenters. The van der Waals surface area contributed by atoms with Crippen molar-refractivity contribution in [2.75, 3.05) is 0 Å². The Balaban J connectivity index is -0.0000000383. The van der Waals surface area contributed by atoms with Crippen LogP contribution < -0.4 is 0 Å². The van der Waals surface area contributed by atoms with Gasteiger partial charge in [0.25, 0.3) is 0 Å². The summed E-state index contributed by atoms with van der Waals surface area (Å²) in [5, 5.41) is 14.5. The molecule has 0 aromatic carbocycles. The van der Waals surface area contributed by atoms with Gasteiger partial charge in [-0.2, -0.15) is 10.5 Å². The molecule has 4 N–H and O–H groups in total. The molecule has 0 aliphatic heterocycles. The van der Waals surface area contributed by atoms with Gasteiger partial charge in [-0.05, 0) is 0 Å². The van der Waals surface area contributed by atoms with Crippen LogP contribution in [-0.2, 0) is 0 Å². The van der Waals surface area contributed by atoms with Gasteiger partial charge in [-0.3, -0.25) is 0 Å². The summed E-state index contributed by atoms with van der Waals surface area (Å²) in [7, 11) is 2.21. The fraction of sp³-hybridized carbons (Fsp3) is 0.667. The second-order valence-corrected chi connectivity index (χ2v) is 1.58. The van der Waals surface area contributed by atoms with E-state index in [-0.39, 0.29) is 11.0 Å². The van der Waals surface area contributed by atoms with Crippen LogP contribution in [0.4, 0.5) is 0 Å². The molecule has 0 saturated heterocycles. The second kappa shape index (κ2) is 36.2. The quantitative estimate of drug-likeness (QED) is 0.491. The average Bonchev–Trinajstić information content (AvgIpc) is 1.91. The summed E-state index contributed by atoms with van der Waals surface area (Å²) >= 11 is 0. The molecular weight excluding hydrogens is 143 g/mol. The molecule has 0 aromatic rings. The molecule has 0 aromatic heterocycles. The van der Waals surface area contributed by atoms with Gasteiger partial charge < -0.3 is 11.0 Å². The summed E-state index contributed by atoms with van der Waals surface area (Å²) in [6.07, 6.45) is 4.08. The van der Waals surface area contributed by atoms with Crippen LogP contribution in [0.15, 0.2) is 0 Å². The Kier molecular flexibility index (Phi) is 74.0. The van der Waals surface area contributed by atoms with Crippen LogP contribution in [0.5, 0.6) is 0 Å². The minimum absolute atomic E-state index is 0. The zero-order valence-electron chi connectivity index (χ0n) is 7.02. The first-order valence-electron chi connectivity index (χ1n) is 3.11. The highest BCUT2D eigenvalue weighted by molar-refractivity contribution is 6.08. The van der Waals surface area contributed by atoms with E-state index in [1.165, 1.54) is 31.3 Å². The maximum absolute atomic E-state index is 7.26. The summed E-state index contributed by atoms with van der Waals surface area (Å²) in [5.41, 5.74) is 0. The lowest BCUT2D eigenvalue weighted by molar-refractivity contribution is 0.823. The van der Waals surface area contributed by atoms with Gasteiger partial charge in [-0.25, -0.2) is 0 Å². The van der Waals surface area contributed by atoms with Crippen molar-refractivity contribution >= 4 is 7.85 Å². The van der Waals surface area contributed by atoms with E-state index in [4.69, 9.17) is 10.5 Å². The van der Waals surface area contributed by atoms with Crippen LogP contribution in [0, 0.1) is 22.7 Å². The topological polar surface area (TPSA) is 111 Å². The molecule has 64 valence electrons. The molecule has 4 nitrogen and oxygen atoms in total. The SMILES string of the molecule is BCCCC.N#CC#N.O.O. The maximum Gasteiger partial charge on any atom is 0.181 e. The van der Waals surface area contributed by atoms with Gasteiger partial charge in [0.05, 0.1) is 0 Å². The lowest BCUT2D eigenvalue weighted by Crippen LogP contribution is -1.63. The molecule has 0 aliphatic carbocycles. The number of nitriles is 2. The van der Waals surface area contributed by atoms with E-state index in [0.29, 0.717) is 0 Å². The summed E-state index contributed by atoms with van der Waals surface area (Å²) in [6.45, 7) is 2.21. The van der Waals surface area contributed by atoms with Crippen LogP contribution in [0.1, 0.15) is 19.8 Å². The zero-order valence-corrected chi connectivity index (χ0v) is 7.02. The van der Waals surface area contributed by atoms with E-state index in [0.717, 1.165) is 0 Å². The maximum atomic E-state index is 7.26. The van der Waals surface area contributed by atoms with Crippen molar-refractivity contribution in [2.45, 2.75) is 26.1 Å². The highest BCUT2D eigenvalue weighted by Crippen LogP contribution is 1.86. The van der Waals surface area contributed by atoms with Crippen molar-refractivity contribution in [2.24, 2.45) is 0 Å². The van der Waals surface area contributed by atoms with E-state index in [9.17, 15) is 0 Å². The van der Waals surface area contributed by atoms with Crippen molar-refractivity contribution < 1.29 is 11.0 Å². The summed E-state index contributed by atoms with van der Waals surface area (Å²) in [6, 6.07) is 2.47. The Bertz CT molecular complexity index is 103. The number of unbranched alkanes of at least 4 members (excludes halogenated alkanes) is 1. The Morgan fingerprint density at radius 3 is 1.55 bits per heavy atom. The smallest absolute Gasteiger partial charge is 0.181 e. The van der Waals surface area contributed by atoms with Gasteiger partial charge in [0.15, 0.2) is 12.1 Å². The molecule has 5 heteroatoms. The molecule has 0 saturated carbocycles.